The summed E-state index contributed by atoms with van der Waals surface area (Å²) in [7, 11) is 0. The van der Waals surface area contributed by atoms with Crippen LogP contribution in [0, 0.1) is 0 Å². The number of nitrogens with zero attached hydrogens (tertiary/aromatic N) is 1. The Labute approximate surface area is 132 Å². The van der Waals surface area contributed by atoms with Crippen LogP contribution in [0.1, 0.15) is 23.2 Å². The quantitative estimate of drug-likeness (QED) is 0.822. The zero-order valence-corrected chi connectivity index (χ0v) is 12.3. The summed E-state index contributed by atoms with van der Waals surface area (Å²) in [5.41, 5.74) is 0.346. The van der Waals surface area contributed by atoms with Gasteiger partial charge in [0, 0.05) is 12.1 Å². The summed E-state index contributed by atoms with van der Waals surface area (Å²) in [4.78, 5) is 36.5. The highest BCUT2D eigenvalue weighted by Crippen LogP contribution is 2.32. The number of hydrogen-bond acceptors (Lipinski definition) is 5. The number of aliphatic carboxylic acids is 1. The van der Waals surface area contributed by atoms with E-state index in [1.165, 1.54) is 11.0 Å². The van der Waals surface area contributed by atoms with E-state index < -0.39 is 23.8 Å². The Kier molecular flexibility index (Phi) is 4.05. The van der Waals surface area contributed by atoms with Crippen molar-refractivity contribution in [3.05, 3.63) is 23.8 Å². The summed E-state index contributed by atoms with van der Waals surface area (Å²) >= 11 is 0. The first-order valence-corrected chi connectivity index (χ1v) is 7.26. The molecule has 1 aromatic carbocycles. The van der Waals surface area contributed by atoms with Crippen LogP contribution in [0.5, 0.6) is 11.5 Å². The topological polar surface area (TPSA) is 105 Å². The fraction of sp³-hybridized carbons (Fsp3) is 0.400. The Morgan fingerprint density at radius 1 is 1.26 bits per heavy atom. The normalized spacial score (nSPS) is 18.8. The van der Waals surface area contributed by atoms with E-state index in [-0.39, 0.29) is 13.3 Å². The van der Waals surface area contributed by atoms with Crippen LogP contribution in [0.25, 0.3) is 0 Å². The average Bonchev–Trinajstić information content (AvgIpc) is 3.19. The first-order chi connectivity index (χ1) is 11.1. The smallest absolute Gasteiger partial charge is 0.326 e. The molecule has 0 bridgehead atoms. The molecule has 0 unspecified atom stereocenters. The van der Waals surface area contributed by atoms with Gasteiger partial charge in [-0.3, -0.25) is 9.59 Å². The van der Waals surface area contributed by atoms with Gasteiger partial charge in [0.1, 0.15) is 6.04 Å². The van der Waals surface area contributed by atoms with Gasteiger partial charge in [0.2, 0.25) is 12.7 Å². The second-order valence-corrected chi connectivity index (χ2v) is 5.33. The van der Waals surface area contributed by atoms with Crippen LogP contribution >= 0.6 is 0 Å². The predicted octanol–water partition coefficient (Wildman–Crippen LogP) is 0.221. The fourth-order valence-corrected chi connectivity index (χ4v) is 2.72. The molecule has 0 radical (unpaired) electrons. The molecular weight excluding hydrogens is 304 g/mol. The molecule has 2 N–H and O–H groups in total. The molecule has 0 saturated carbocycles. The Morgan fingerprint density at radius 3 is 2.83 bits per heavy atom. The maximum atomic E-state index is 12.1. The largest absolute Gasteiger partial charge is 0.480 e. The van der Waals surface area contributed by atoms with Gasteiger partial charge in [-0.15, -0.1) is 0 Å². The first kappa shape index (κ1) is 15.1. The molecule has 8 nitrogen and oxygen atoms in total. The van der Waals surface area contributed by atoms with Crippen LogP contribution in [0.15, 0.2) is 18.2 Å². The van der Waals surface area contributed by atoms with Crippen molar-refractivity contribution in [2.24, 2.45) is 0 Å². The van der Waals surface area contributed by atoms with Gasteiger partial charge in [0.15, 0.2) is 11.5 Å². The van der Waals surface area contributed by atoms with E-state index >= 15 is 0 Å². The van der Waals surface area contributed by atoms with Crippen molar-refractivity contribution in [1.82, 2.24) is 10.2 Å². The lowest BCUT2D eigenvalue weighted by Crippen LogP contribution is -2.45. The van der Waals surface area contributed by atoms with Gasteiger partial charge in [0.25, 0.3) is 5.91 Å². The number of rotatable bonds is 4. The summed E-state index contributed by atoms with van der Waals surface area (Å²) in [6.45, 7) is 0.275. The summed E-state index contributed by atoms with van der Waals surface area (Å²) in [6, 6.07) is 3.94. The number of carbonyl (C=O) groups is 3. The molecule has 2 aliphatic heterocycles. The van der Waals surface area contributed by atoms with Crippen LogP contribution in [-0.2, 0) is 9.59 Å². The molecule has 1 fully saturated rings. The van der Waals surface area contributed by atoms with Crippen molar-refractivity contribution in [3.8, 4) is 11.5 Å². The maximum absolute atomic E-state index is 12.1. The Bertz CT molecular complexity index is 659. The molecule has 3 rings (SSSR count). The minimum atomic E-state index is -1.02. The van der Waals surface area contributed by atoms with Gasteiger partial charge in [-0.25, -0.2) is 4.79 Å². The molecule has 0 aromatic heterocycles. The maximum Gasteiger partial charge on any atom is 0.326 e. The van der Waals surface area contributed by atoms with Gasteiger partial charge in [-0.2, -0.15) is 0 Å². The van der Waals surface area contributed by atoms with Crippen molar-refractivity contribution >= 4 is 17.8 Å². The molecule has 2 amide bonds. The van der Waals surface area contributed by atoms with Gasteiger partial charge < -0.3 is 24.8 Å². The summed E-state index contributed by atoms with van der Waals surface area (Å²) in [6.07, 6.45) is 1.09. The predicted molar refractivity (Wildman–Crippen MR) is 77.3 cm³/mol. The third-order valence-corrected chi connectivity index (χ3v) is 3.89. The lowest BCUT2D eigenvalue weighted by molar-refractivity contribution is -0.147. The summed E-state index contributed by atoms with van der Waals surface area (Å²) in [5, 5.41) is 11.6. The molecule has 1 saturated heterocycles. The van der Waals surface area contributed by atoms with Crippen LogP contribution in [0.4, 0.5) is 0 Å². The molecule has 122 valence electrons. The lowest BCUT2D eigenvalue weighted by Gasteiger charge is -2.21. The molecule has 0 spiro atoms. The Morgan fingerprint density at radius 2 is 2.04 bits per heavy atom. The standard InChI is InChI=1S/C15H16N2O6/c18-13(17-5-1-2-10(17)15(20)21)7-16-14(19)9-3-4-11-12(6-9)23-8-22-11/h3-4,6,10H,1-2,5,7-8H2,(H,16,19)(H,20,21)/t10-/m1/s1. The van der Waals surface area contributed by atoms with Gasteiger partial charge in [-0.1, -0.05) is 0 Å². The van der Waals surface area contributed by atoms with E-state index in [0.29, 0.717) is 36.4 Å². The van der Waals surface area contributed by atoms with Crippen molar-refractivity contribution < 1.29 is 29.0 Å². The molecule has 1 atom stereocenters. The van der Waals surface area contributed by atoms with Crippen molar-refractivity contribution in [3.63, 3.8) is 0 Å². The highest BCUT2D eigenvalue weighted by Gasteiger charge is 2.33. The summed E-state index contributed by atoms with van der Waals surface area (Å²) in [5.74, 6) is -0.793. The zero-order valence-electron chi connectivity index (χ0n) is 12.3. The summed E-state index contributed by atoms with van der Waals surface area (Å²) < 4.78 is 10.4. The second-order valence-electron chi connectivity index (χ2n) is 5.33. The number of carbonyl (C=O) groups excluding carboxylic acids is 2. The molecule has 2 heterocycles. The number of benzene rings is 1. The molecule has 23 heavy (non-hydrogen) atoms. The number of ether oxygens (including phenoxy) is 2. The third-order valence-electron chi connectivity index (χ3n) is 3.89. The van der Waals surface area contributed by atoms with E-state index in [1.54, 1.807) is 12.1 Å². The highest BCUT2D eigenvalue weighted by molar-refractivity contribution is 5.97. The SMILES string of the molecule is O=C(NCC(=O)N1CCC[C@@H]1C(=O)O)c1ccc2c(c1)OCO2. The number of likely N-dealkylation sites (tertiary alicyclic amines) is 1. The Balaban J connectivity index is 1.58. The number of carboxylic acid groups (broad SMARTS) is 1. The minimum Gasteiger partial charge on any atom is -0.480 e. The number of fused-ring (bicyclic) bond motifs is 1. The van der Waals surface area contributed by atoms with E-state index in [9.17, 15) is 14.4 Å². The molecule has 0 aliphatic carbocycles. The number of carboxylic acids is 1. The van der Waals surface area contributed by atoms with Crippen molar-refractivity contribution in [1.29, 1.82) is 0 Å². The van der Waals surface area contributed by atoms with Gasteiger partial charge in [0.05, 0.1) is 6.54 Å². The van der Waals surface area contributed by atoms with Crippen LogP contribution in [0.2, 0.25) is 0 Å². The number of nitrogens with one attached hydrogen (secondary N) is 1. The molecule has 1 aromatic rings. The van der Waals surface area contributed by atoms with Gasteiger partial charge in [-0.05, 0) is 31.0 Å². The van der Waals surface area contributed by atoms with Crippen molar-refractivity contribution in [2.75, 3.05) is 19.9 Å². The molecule has 2 aliphatic rings. The van der Waals surface area contributed by atoms with Gasteiger partial charge >= 0.3 is 5.97 Å². The van der Waals surface area contributed by atoms with E-state index in [0.717, 1.165) is 0 Å². The third kappa shape index (κ3) is 3.05. The fourth-order valence-electron chi connectivity index (χ4n) is 2.72. The average molecular weight is 320 g/mol. The van der Waals surface area contributed by atoms with E-state index in [4.69, 9.17) is 14.6 Å². The highest BCUT2D eigenvalue weighted by atomic mass is 16.7. The Hall–Kier alpha value is -2.77. The molecule has 8 heteroatoms. The zero-order chi connectivity index (χ0) is 16.4. The monoisotopic (exact) mass is 320 g/mol. The van der Waals surface area contributed by atoms with Crippen molar-refractivity contribution in [2.45, 2.75) is 18.9 Å². The second kappa shape index (κ2) is 6.15. The number of amides is 2. The molecular formula is C15H16N2O6. The first-order valence-electron chi connectivity index (χ1n) is 7.26. The lowest BCUT2D eigenvalue weighted by atomic mass is 10.2. The van der Waals surface area contributed by atoms with E-state index in [2.05, 4.69) is 5.32 Å². The number of hydrogen-bond donors (Lipinski definition) is 2. The van der Waals surface area contributed by atoms with Crippen LogP contribution in [0.3, 0.4) is 0 Å². The van der Waals surface area contributed by atoms with Crippen LogP contribution < -0.4 is 14.8 Å². The minimum absolute atomic E-state index is 0.116. The van der Waals surface area contributed by atoms with E-state index in [1.807, 2.05) is 0 Å². The van der Waals surface area contributed by atoms with Crippen LogP contribution in [-0.4, -0.2) is 53.7 Å².